The second kappa shape index (κ2) is 10.6. The Bertz CT molecular complexity index is 927. The van der Waals surface area contributed by atoms with Gasteiger partial charge in [-0.3, -0.25) is 24.5 Å². The molecule has 0 saturated carbocycles. The molecule has 0 bridgehead atoms. The van der Waals surface area contributed by atoms with Gasteiger partial charge in [-0.2, -0.15) is 0 Å². The molecule has 0 aliphatic carbocycles. The first-order valence-electron chi connectivity index (χ1n) is 9.32. The van der Waals surface area contributed by atoms with Crippen molar-refractivity contribution in [1.29, 1.82) is 0 Å². The van der Waals surface area contributed by atoms with Gasteiger partial charge in [-0.25, -0.2) is 9.79 Å². The number of aryl methyl sites for hydroxylation is 1. The maximum atomic E-state index is 12.1. The Morgan fingerprint density at radius 1 is 1.29 bits per heavy atom. The summed E-state index contributed by atoms with van der Waals surface area (Å²) in [7, 11) is -4.10. The fourth-order valence-corrected chi connectivity index (χ4v) is 2.81. The van der Waals surface area contributed by atoms with Crippen molar-refractivity contribution in [2.45, 2.75) is 39.7 Å². The molecule has 12 nitrogen and oxygen atoms in total. The van der Waals surface area contributed by atoms with Crippen LogP contribution in [0.1, 0.15) is 49.3 Å². The number of carbonyl (C=O) groups is 3. The standard InChI is InChI=1S/C15H19N3O3.C3H8NO5P/c1-5-9-6-10(13(19)20)11(16-7-9)12-17-14(21)15(4,18-12)8(2)3;5-3(6)1-4-2-10(7,8)9/h6-8H,5H2,1-4H3,(H,19,20)(H,17,18,21);4H,1-2H2,(H,5,6)(H2,7,8,9). The molecule has 0 aromatic carbocycles. The Kier molecular flexibility index (Phi) is 9.00. The van der Waals surface area contributed by atoms with E-state index in [9.17, 15) is 24.1 Å². The number of amidine groups is 1. The Hall–Kier alpha value is -2.66. The zero-order valence-corrected chi connectivity index (χ0v) is 18.5. The van der Waals surface area contributed by atoms with Gasteiger partial charge < -0.3 is 25.3 Å². The quantitative estimate of drug-likeness (QED) is 0.297. The molecule has 1 aromatic heterocycles. The van der Waals surface area contributed by atoms with Crippen LogP contribution in [0, 0.1) is 5.92 Å². The zero-order chi connectivity index (χ0) is 24.0. The van der Waals surface area contributed by atoms with E-state index >= 15 is 0 Å². The van der Waals surface area contributed by atoms with E-state index in [-0.39, 0.29) is 28.9 Å². The number of aliphatic carboxylic acids is 1. The van der Waals surface area contributed by atoms with Crippen LogP contribution in [0.15, 0.2) is 17.3 Å². The number of aromatic nitrogens is 1. The van der Waals surface area contributed by atoms with Crippen LogP contribution in [-0.4, -0.2) is 67.0 Å². The summed E-state index contributed by atoms with van der Waals surface area (Å²) in [6, 6.07) is 1.57. The molecule has 13 heteroatoms. The summed E-state index contributed by atoms with van der Waals surface area (Å²) >= 11 is 0. The second-order valence-corrected chi connectivity index (χ2v) is 8.90. The van der Waals surface area contributed by atoms with Crippen molar-refractivity contribution in [3.8, 4) is 0 Å². The molecule has 0 spiro atoms. The van der Waals surface area contributed by atoms with Crippen LogP contribution in [0.3, 0.4) is 0 Å². The van der Waals surface area contributed by atoms with E-state index in [0.717, 1.165) is 5.56 Å². The average Bonchev–Trinajstić information content (AvgIpc) is 2.96. The van der Waals surface area contributed by atoms with Gasteiger partial charge in [-0.05, 0) is 30.9 Å². The second-order valence-electron chi connectivity index (χ2n) is 7.26. The lowest BCUT2D eigenvalue weighted by molar-refractivity contribution is -0.135. The summed E-state index contributed by atoms with van der Waals surface area (Å²) in [6.07, 6.45) is 1.71. The Labute approximate surface area is 179 Å². The maximum Gasteiger partial charge on any atom is 0.339 e. The van der Waals surface area contributed by atoms with Crippen LogP contribution in [-0.2, 0) is 20.6 Å². The van der Waals surface area contributed by atoms with Gasteiger partial charge in [0.05, 0.1) is 18.4 Å². The van der Waals surface area contributed by atoms with Gasteiger partial charge in [0.1, 0.15) is 11.2 Å². The van der Waals surface area contributed by atoms with Crippen molar-refractivity contribution in [2.24, 2.45) is 10.9 Å². The predicted octanol–water partition coefficient (Wildman–Crippen LogP) is 0.429. The topological polar surface area (TPSA) is 199 Å². The number of nitrogens with zero attached hydrogens (tertiary/aromatic N) is 2. The number of hydrogen-bond donors (Lipinski definition) is 6. The van der Waals surface area contributed by atoms with Crippen molar-refractivity contribution in [1.82, 2.24) is 15.6 Å². The highest BCUT2D eigenvalue weighted by atomic mass is 31.2. The first-order valence-corrected chi connectivity index (χ1v) is 11.1. The van der Waals surface area contributed by atoms with E-state index in [2.05, 4.69) is 20.6 Å². The molecule has 1 unspecified atom stereocenters. The van der Waals surface area contributed by atoms with Crippen molar-refractivity contribution in [3.63, 3.8) is 0 Å². The number of hydrogen-bond acceptors (Lipinski definition) is 7. The van der Waals surface area contributed by atoms with Crippen LogP contribution < -0.4 is 10.6 Å². The molecule has 31 heavy (non-hydrogen) atoms. The summed E-state index contributed by atoms with van der Waals surface area (Å²) in [6.45, 7) is 7.02. The van der Waals surface area contributed by atoms with Gasteiger partial charge in [0.15, 0.2) is 5.84 Å². The van der Waals surface area contributed by atoms with Crippen molar-refractivity contribution < 1.29 is 38.9 Å². The lowest BCUT2D eigenvalue weighted by Crippen LogP contribution is -2.41. The highest BCUT2D eigenvalue weighted by molar-refractivity contribution is 7.51. The minimum atomic E-state index is -4.10. The van der Waals surface area contributed by atoms with Gasteiger partial charge in [0, 0.05) is 6.20 Å². The summed E-state index contributed by atoms with van der Waals surface area (Å²) < 4.78 is 10.1. The molecule has 1 aliphatic heterocycles. The number of nitrogens with one attached hydrogen (secondary N) is 2. The van der Waals surface area contributed by atoms with Gasteiger partial charge in [0.25, 0.3) is 5.91 Å². The first-order chi connectivity index (χ1) is 14.2. The SMILES string of the molecule is CCc1cnc(C2=NC(C)(C(C)C)C(=O)N2)c(C(=O)O)c1.O=C(O)CNCP(=O)(O)O. The molecule has 1 atom stereocenters. The molecule has 2 rings (SSSR count). The fourth-order valence-electron chi connectivity index (χ4n) is 2.41. The minimum absolute atomic E-state index is 0.00167. The van der Waals surface area contributed by atoms with Crippen molar-refractivity contribution >= 4 is 31.3 Å². The smallest absolute Gasteiger partial charge is 0.339 e. The van der Waals surface area contributed by atoms with E-state index in [0.29, 0.717) is 6.42 Å². The highest BCUT2D eigenvalue weighted by Gasteiger charge is 2.43. The normalized spacial score (nSPS) is 18.2. The Morgan fingerprint density at radius 2 is 1.90 bits per heavy atom. The number of amides is 1. The van der Waals surface area contributed by atoms with Crippen LogP contribution in [0.25, 0.3) is 0 Å². The summed E-state index contributed by atoms with van der Waals surface area (Å²) in [5.41, 5.74) is 0.197. The van der Waals surface area contributed by atoms with Crippen molar-refractivity contribution in [2.75, 3.05) is 12.8 Å². The van der Waals surface area contributed by atoms with Crippen LogP contribution in [0.5, 0.6) is 0 Å². The highest BCUT2D eigenvalue weighted by Crippen LogP contribution is 2.31. The molecule has 6 N–H and O–H groups in total. The van der Waals surface area contributed by atoms with Gasteiger partial charge in [-0.1, -0.05) is 20.8 Å². The average molecular weight is 458 g/mol. The third-order valence-electron chi connectivity index (χ3n) is 4.56. The summed E-state index contributed by atoms with van der Waals surface area (Å²) in [4.78, 5) is 58.3. The fraction of sp³-hybridized carbons (Fsp3) is 0.500. The van der Waals surface area contributed by atoms with Crippen LogP contribution >= 0.6 is 7.60 Å². The lowest BCUT2D eigenvalue weighted by atomic mass is 9.89. The molecule has 0 saturated heterocycles. The van der Waals surface area contributed by atoms with E-state index in [1.165, 1.54) is 0 Å². The van der Waals surface area contributed by atoms with Gasteiger partial charge in [-0.15, -0.1) is 0 Å². The maximum absolute atomic E-state index is 12.1. The van der Waals surface area contributed by atoms with Crippen LogP contribution in [0.4, 0.5) is 0 Å². The van der Waals surface area contributed by atoms with Gasteiger partial charge >= 0.3 is 19.5 Å². The molecule has 0 radical (unpaired) electrons. The molecular weight excluding hydrogens is 431 g/mol. The van der Waals surface area contributed by atoms with Crippen molar-refractivity contribution in [3.05, 3.63) is 29.1 Å². The molecule has 0 fully saturated rings. The number of pyridine rings is 1. The van der Waals surface area contributed by atoms with E-state index in [4.69, 9.17) is 14.9 Å². The number of aliphatic imine (C=N–C) groups is 1. The predicted molar refractivity (Wildman–Crippen MR) is 111 cm³/mol. The Morgan fingerprint density at radius 3 is 2.32 bits per heavy atom. The largest absolute Gasteiger partial charge is 0.480 e. The molecule has 172 valence electrons. The van der Waals surface area contributed by atoms with E-state index < -0.39 is 37.9 Å². The number of rotatable bonds is 8. The van der Waals surface area contributed by atoms with Crippen LogP contribution in [0.2, 0.25) is 0 Å². The molecular formula is C18H27N4O8P. The number of carbonyl (C=O) groups excluding carboxylic acids is 1. The third kappa shape index (κ3) is 7.51. The molecule has 1 aliphatic rings. The third-order valence-corrected chi connectivity index (χ3v) is 5.20. The number of carboxylic acids is 2. The number of aromatic carboxylic acids is 1. The Balaban J connectivity index is 0.000000407. The first kappa shape index (κ1) is 26.4. The molecule has 1 aromatic rings. The zero-order valence-electron chi connectivity index (χ0n) is 17.6. The monoisotopic (exact) mass is 458 g/mol. The van der Waals surface area contributed by atoms with E-state index in [1.807, 2.05) is 20.8 Å². The summed E-state index contributed by atoms with van der Waals surface area (Å²) in [5, 5.41) is 22.1. The molecule has 1 amide bonds. The van der Waals surface area contributed by atoms with Gasteiger partial charge in [0.2, 0.25) is 0 Å². The lowest BCUT2D eigenvalue weighted by Gasteiger charge is -2.21. The molecule has 2 heterocycles. The minimum Gasteiger partial charge on any atom is -0.480 e. The summed E-state index contributed by atoms with van der Waals surface area (Å²) in [5.74, 6) is -2.23. The van der Waals surface area contributed by atoms with E-state index in [1.54, 1.807) is 19.2 Å². The number of carboxylic acid groups (broad SMARTS) is 2.